The highest BCUT2D eigenvalue weighted by Gasteiger charge is 2.18. The van der Waals surface area contributed by atoms with E-state index in [1.807, 2.05) is 0 Å². The van der Waals surface area contributed by atoms with Gasteiger partial charge in [-0.25, -0.2) is 18.1 Å². The summed E-state index contributed by atoms with van der Waals surface area (Å²) < 4.78 is 31.7. The van der Waals surface area contributed by atoms with Crippen LogP contribution in [0.2, 0.25) is 0 Å². The first-order valence-electron chi connectivity index (χ1n) is 6.96. The van der Waals surface area contributed by atoms with Gasteiger partial charge in [-0.2, -0.15) is 0 Å². The lowest BCUT2D eigenvalue weighted by molar-refractivity contribution is 0.427. The van der Waals surface area contributed by atoms with Gasteiger partial charge in [0.25, 0.3) is 0 Å². The molecule has 116 valence electrons. The molecule has 20 heavy (non-hydrogen) atoms. The van der Waals surface area contributed by atoms with Crippen molar-refractivity contribution < 1.29 is 12.8 Å². The number of oxazole rings is 1. The summed E-state index contributed by atoms with van der Waals surface area (Å²) >= 11 is 0. The van der Waals surface area contributed by atoms with Gasteiger partial charge in [0.1, 0.15) is 5.76 Å². The largest absolute Gasteiger partial charge is 0.444 e. The quantitative estimate of drug-likeness (QED) is 0.679. The Kier molecular flexibility index (Phi) is 6.64. The highest BCUT2D eigenvalue weighted by molar-refractivity contribution is 7.89. The Labute approximate surface area is 121 Å². The van der Waals surface area contributed by atoms with Crippen LogP contribution >= 0.6 is 0 Å². The molecule has 1 aromatic heterocycles. The van der Waals surface area contributed by atoms with Gasteiger partial charge in [-0.3, -0.25) is 0 Å². The highest BCUT2D eigenvalue weighted by Crippen LogP contribution is 2.13. The summed E-state index contributed by atoms with van der Waals surface area (Å²) in [6.45, 7) is 8.47. The SMILES string of the molecule is Cc1cnc(C(C)NS(=O)(=O)CCCCNC(C)C)o1. The molecule has 0 amide bonds. The van der Waals surface area contributed by atoms with Gasteiger partial charge >= 0.3 is 0 Å². The van der Waals surface area contributed by atoms with Gasteiger partial charge in [0.15, 0.2) is 0 Å². The molecular formula is C13H25N3O3S. The predicted octanol–water partition coefficient (Wildman–Crippen LogP) is 1.74. The van der Waals surface area contributed by atoms with Crippen LogP contribution in [0.4, 0.5) is 0 Å². The maximum atomic E-state index is 11.9. The molecule has 0 saturated heterocycles. The van der Waals surface area contributed by atoms with E-state index in [1.54, 1.807) is 20.0 Å². The van der Waals surface area contributed by atoms with E-state index < -0.39 is 16.1 Å². The Morgan fingerprint density at radius 1 is 1.30 bits per heavy atom. The van der Waals surface area contributed by atoms with E-state index >= 15 is 0 Å². The van der Waals surface area contributed by atoms with Crippen LogP contribution in [0.3, 0.4) is 0 Å². The molecule has 0 aliphatic rings. The Morgan fingerprint density at radius 2 is 2.00 bits per heavy atom. The summed E-state index contributed by atoms with van der Waals surface area (Å²) in [7, 11) is -3.30. The number of rotatable bonds is 9. The first kappa shape index (κ1) is 17.1. The monoisotopic (exact) mass is 303 g/mol. The number of hydrogen-bond donors (Lipinski definition) is 2. The minimum absolute atomic E-state index is 0.122. The van der Waals surface area contributed by atoms with E-state index in [4.69, 9.17) is 4.42 Å². The van der Waals surface area contributed by atoms with E-state index in [0.717, 1.165) is 13.0 Å². The van der Waals surface area contributed by atoms with Crippen LogP contribution < -0.4 is 10.0 Å². The zero-order chi connectivity index (χ0) is 15.2. The summed E-state index contributed by atoms with van der Waals surface area (Å²) in [5.41, 5.74) is 0. The third-order valence-corrected chi connectivity index (χ3v) is 4.30. The van der Waals surface area contributed by atoms with Gasteiger partial charge in [-0.05, 0) is 33.2 Å². The molecule has 0 spiro atoms. The van der Waals surface area contributed by atoms with Gasteiger partial charge in [0, 0.05) is 6.04 Å². The van der Waals surface area contributed by atoms with E-state index in [-0.39, 0.29) is 5.75 Å². The van der Waals surface area contributed by atoms with Crippen molar-refractivity contribution in [1.29, 1.82) is 0 Å². The molecule has 0 bridgehead atoms. The lowest BCUT2D eigenvalue weighted by Gasteiger charge is -2.11. The average molecular weight is 303 g/mol. The Morgan fingerprint density at radius 3 is 2.55 bits per heavy atom. The van der Waals surface area contributed by atoms with Crippen molar-refractivity contribution in [3.63, 3.8) is 0 Å². The Balaban J connectivity index is 2.34. The smallest absolute Gasteiger partial charge is 0.212 e. The molecule has 0 aromatic carbocycles. The number of aromatic nitrogens is 1. The van der Waals surface area contributed by atoms with Crippen LogP contribution in [0.1, 0.15) is 51.3 Å². The van der Waals surface area contributed by atoms with Gasteiger partial charge < -0.3 is 9.73 Å². The van der Waals surface area contributed by atoms with Crippen molar-refractivity contribution in [1.82, 2.24) is 15.0 Å². The molecule has 0 aliphatic heterocycles. The fourth-order valence-electron chi connectivity index (χ4n) is 1.76. The van der Waals surface area contributed by atoms with Crippen molar-refractivity contribution in [2.24, 2.45) is 0 Å². The highest BCUT2D eigenvalue weighted by atomic mass is 32.2. The lowest BCUT2D eigenvalue weighted by Crippen LogP contribution is -2.30. The number of sulfonamides is 1. The van der Waals surface area contributed by atoms with Crippen LogP contribution in [0.5, 0.6) is 0 Å². The second-order valence-electron chi connectivity index (χ2n) is 5.28. The number of aryl methyl sites for hydroxylation is 1. The van der Waals surface area contributed by atoms with Crippen LogP contribution in [0.25, 0.3) is 0 Å². The Hall–Kier alpha value is -0.920. The molecule has 1 unspecified atom stereocenters. The van der Waals surface area contributed by atoms with Crippen LogP contribution in [-0.2, 0) is 10.0 Å². The fourth-order valence-corrected chi connectivity index (χ4v) is 3.10. The lowest BCUT2D eigenvalue weighted by atomic mass is 10.3. The first-order valence-corrected chi connectivity index (χ1v) is 8.61. The van der Waals surface area contributed by atoms with Gasteiger partial charge in [-0.15, -0.1) is 0 Å². The zero-order valence-corrected chi connectivity index (χ0v) is 13.5. The predicted molar refractivity (Wildman–Crippen MR) is 79.0 cm³/mol. The molecule has 1 heterocycles. The van der Waals surface area contributed by atoms with Crippen LogP contribution in [0.15, 0.2) is 10.6 Å². The minimum Gasteiger partial charge on any atom is -0.444 e. The molecule has 7 heteroatoms. The average Bonchev–Trinajstić information content (AvgIpc) is 2.74. The van der Waals surface area contributed by atoms with Crippen molar-refractivity contribution in [3.8, 4) is 0 Å². The van der Waals surface area contributed by atoms with Crippen LogP contribution in [-0.4, -0.2) is 31.7 Å². The molecule has 0 fully saturated rings. The van der Waals surface area contributed by atoms with Crippen LogP contribution in [0, 0.1) is 6.92 Å². The Bertz CT molecular complexity index is 497. The molecule has 0 saturated carbocycles. The second kappa shape index (κ2) is 7.75. The third-order valence-electron chi connectivity index (χ3n) is 2.76. The molecular weight excluding hydrogens is 278 g/mol. The standard InChI is InChI=1S/C13H25N3O3S/c1-10(2)14-7-5-6-8-20(17,18)16-12(4)13-15-9-11(3)19-13/h9-10,12,14,16H,5-8H2,1-4H3. The molecule has 0 radical (unpaired) electrons. The molecule has 6 nitrogen and oxygen atoms in total. The van der Waals surface area contributed by atoms with Gasteiger partial charge in [-0.1, -0.05) is 13.8 Å². The summed E-state index contributed by atoms with van der Waals surface area (Å²) in [5.74, 6) is 1.19. The summed E-state index contributed by atoms with van der Waals surface area (Å²) in [6.07, 6.45) is 3.05. The number of nitrogens with zero attached hydrogens (tertiary/aromatic N) is 1. The molecule has 1 aromatic rings. The van der Waals surface area contributed by atoms with Gasteiger partial charge in [0.2, 0.25) is 15.9 Å². The van der Waals surface area contributed by atoms with Gasteiger partial charge in [0.05, 0.1) is 18.0 Å². The number of unbranched alkanes of at least 4 members (excludes halogenated alkanes) is 1. The van der Waals surface area contributed by atoms with Crippen molar-refractivity contribution >= 4 is 10.0 Å². The molecule has 1 rings (SSSR count). The normalized spacial score (nSPS) is 13.8. The van der Waals surface area contributed by atoms with E-state index in [0.29, 0.717) is 24.1 Å². The molecule has 2 N–H and O–H groups in total. The van der Waals surface area contributed by atoms with Crippen molar-refractivity contribution in [2.75, 3.05) is 12.3 Å². The van der Waals surface area contributed by atoms with Crippen molar-refractivity contribution in [2.45, 2.75) is 52.6 Å². The van der Waals surface area contributed by atoms with Crippen molar-refractivity contribution in [3.05, 3.63) is 17.8 Å². The molecule has 0 aliphatic carbocycles. The summed E-state index contributed by atoms with van der Waals surface area (Å²) in [5, 5.41) is 3.26. The second-order valence-corrected chi connectivity index (χ2v) is 7.16. The third kappa shape index (κ3) is 6.49. The number of nitrogens with one attached hydrogen (secondary N) is 2. The topological polar surface area (TPSA) is 84.2 Å². The number of hydrogen-bond acceptors (Lipinski definition) is 5. The summed E-state index contributed by atoms with van der Waals surface area (Å²) in [6, 6.07) is -0.0134. The maximum Gasteiger partial charge on any atom is 0.212 e. The molecule has 1 atom stereocenters. The van der Waals surface area contributed by atoms with E-state index in [9.17, 15) is 8.42 Å². The van der Waals surface area contributed by atoms with E-state index in [1.165, 1.54) is 0 Å². The minimum atomic E-state index is -3.30. The first-order chi connectivity index (χ1) is 9.30. The summed E-state index contributed by atoms with van der Waals surface area (Å²) in [4.78, 5) is 4.03. The zero-order valence-electron chi connectivity index (χ0n) is 12.6. The maximum absolute atomic E-state index is 11.9. The van der Waals surface area contributed by atoms with E-state index in [2.05, 4.69) is 28.9 Å². The fraction of sp³-hybridized carbons (Fsp3) is 0.769.